The SMILES string of the molecule is CS(=O)(=O)Nc1ccc(C(=O)C2CCN(Cc3ccc4nccn4c3)CC2)cc1. The number of rotatable bonds is 6. The number of hydrogen-bond acceptors (Lipinski definition) is 5. The molecule has 29 heavy (non-hydrogen) atoms. The Morgan fingerprint density at radius 1 is 1.14 bits per heavy atom. The maximum absolute atomic E-state index is 12.8. The lowest BCUT2D eigenvalue weighted by atomic mass is 9.88. The monoisotopic (exact) mass is 412 g/mol. The van der Waals surface area contributed by atoms with Gasteiger partial charge >= 0.3 is 0 Å². The fourth-order valence-corrected chi connectivity index (χ4v) is 4.39. The summed E-state index contributed by atoms with van der Waals surface area (Å²) in [6, 6.07) is 10.8. The van der Waals surface area contributed by atoms with Gasteiger partial charge in [-0.15, -0.1) is 0 Å². The van der Waals surface area contributed by atoms with Gasteiger partial charge in [-0.1, -0.05) is 6.07 Å². The molecule has 0 unspecified atom stereocenters. The normalized spacial score (nSPS) is 16.2. The van der Waals surface area contributed by atoms with Gasteiger partial charge < -0.3 is 4.40 Å². The molecule has 0 spiro atoms. The van der Waals surface area contributed by atoms with Crippen LogP contribution in [-0.4, -0.2) is 47.8 Å². The van der Waals surface area contributed by atoms with Gasteiger partial charge in [0.1, 0.15) is 5.65 Å². The van der Waals surface area contributed by atoms with Gasteiger partial charge in [-0.25, -0.2) is 13.4 Å². The van der Waals surface area contributed by atoms with Crippen molar-refractivity contribution in [2.24, 2.45) is 5.92 Å². The van der Waals surface area contributed by atoms with Crippen LogP contribution in [0.1, 0.15) is 28.8 Å². The Balaban J connectivity index is 1.33. The molecule has 0 amide bonds. The van der Waals surface area contributed by atoms with Crippen LogP contribution in [0.25, 0.3) is 5.65 Å². The molecule has 1 aliphatic heterocycles. The summed E-state index contributed by atoms with van der Waals surface area (Å²) in [5.41, 5.74) is 3.27. The molecule has 3 aromatic rings. The van der Waals surface area contributed by atoms with Crippen molar-refractivity contribution < 1.29 is 13.2 Å². The van der Waals surface area contributed by atoms with E-state index in [0.29, 0.717) is 11.3 Å². The van der Waals surface area contributed by atoms with E-state index in [1.165, 1.54) is 5.56 Å². The number of sulfonamides is 1. The van der Waals surface area contributed by atoms with E-state index in [-0.39, 0.29) is 11.7 Å². The van der Waals surface area contributed by atoms with Gasteiger partial charge in [0.25, 0.3) is 0 Å². The van der Waals surface area contributed by atoms with Gasteiger partial charge in [0.2, 0.25) is 10.0 Å². The molecular formula is C21H24N4O3S. The number of carbonyl (C=O) groups is 1. The molecule has 0 saturated carbocycles. The predicted octanol–water partition coefficient (Wildman–Crippen LogP) is 2.80. The molecule has 1 N–H and O–H groups in total. The zero-order valence-electron chi connectivity index (χ0n) is 16.3. The Hall–Kier alpha value is -2.71. The number of hydrogen-bond donors (Lipinski definition) is 1. The van der Waals surface area contributed by atoms with Crippen molar-refractivity contribution in [2.75, 3.05) is 24.1 Å². The molecule has 1 aliphatic rings. The van der Waals surface area contributed by atoms with Crippen molar-refractivity contribution in [3.8, 4) is 0 Å². The smallest absolute Gasteiger partial charge is 0.229 e. The van der Waals surface area contributed by atoms with E-state index in [2.05, 4.69) is 26.9 Å². The maximum Gasteiger partial charge on any atom is 0.229 e. The van der Waals surface area contributed by atoms with Gasteiger partial charge in [0.15, 0.2) is 5.78 Å². The summed E-state index contributed by atoms with van der Waals surface area (Å²) in [6.45, 7) is 2.62. The number of carbonyl (C=O) groups excluding carboxylic acids is 1. The standard InChI is InChI=1S/C21H24N4O3S/c1-29(27,28)23-19-5-3-17(4-6-19)21(26)18-8-11-24(12-9-18)14-16-2-7-20-22-10-13-25(20)15-16/h2-7,10,13,15,18,23H,8-9,11-12,14H2,1H3. The number of nitrogens with zero attached hydrogens (tertiary/aromatic N) is 3. The lowest BCUT2D eigenvalue weighted by Gasteiger charge is -2.31. The van der Waals surface area contributed by atoms with Crippen LogP contribution in [0, 0.1) is 5.92 Å². The molecule has 0 radical (unpaired) electrons. The van der Waals surface area contributed by atoms with Gasteiger partial charge in [0, 0.05) is 42.3 Å². The largest absolute Gasteiger partial charge is 0.307 e. The first-order valence-electron chi connectivity index (χ1n) is 9.63. The average Bonchev–Trinajstić information content (AvgIpc) is 3.15. The molecule has 8 heteroatoms. The minimum absolute atomic E-state index is 0.0103. The number of likely N-dealkylation sites (tertiary alicyclic amines) is 1. The zero-order valence-corrected chi connectivity index (χ0v) is 17.1. The molecule has 1 fully saturated rings. The van der Waals surface area contributed by atoms with E-state index in [0.717, 1.165) is 44.4 Å². The highest BCUT2D eigenvalue weighted by atomic mass is 32.2. The second-order valence-corrected chi connectivity index (χ2v) is 9.34. The van der Waals surface area contributed by atoms with E-state index in [1.54, 1.807) is 30.5 Å². The van der Waals surface area contributed by atoms with Crippen LogP contribution in [0.3, 0.4) is 0 Å². The molecule has 3 heterocycles. The lowest BCUT2D eigenvalue weighted by Crippen LogP contribution is -2.36. The zero-order chi connectivity index (χ0) is 20.4. The van der Waals surface area contributed by atoms with Crippen molar-refractivity contribution in [3.05, 3.63) is 66.1 Å². The maximum atomic E-state index is 12.8. The van der Waals surface area contributed by atoms with Gasteiger partial charge in [0.05, 0.1) is 6.26 Å². The molecule has 152 valence electrons. The molecule has 2 aromatic heterocycles. The number of anilines is 1. The third-order valence-corrected chi connectivity index (χ3v) is 5.89. The van der Waals surface area contributed by atoms with E-state index >= 15 is 0 Å². The van der Waals surface area contributed by atoms with Crippen LogP contribution in [0.4, 0.5) is 5.69 Å². The molecule has 0 atom stereocenters. The quantitative estimate of drug-likeness (QED) is 0.630. The van der Waals surface area contributed by atoms with Crippen molar-refractivity contribution in [3.63, 3.8) is 0 Å². The molecule has 4 rings (SSSR count). The molecule has 0 aliphatic carbocycles. The van der Waals surface area contributed by atoms with Crippen LogP contribution in [0.5, 0.6) is 0 Å². The van der Waals surface area contributed by atoms with E-state index in [1.807, 2.05) is 16.7 Å². The third kappa shape index (κ3) is 4.83. The summed E-state index contributed by atoms with van der Waals surface area (Å²) in [5.74, 6) is 0.145. The number of piperidine rings is 1. The van der Waals surface area contributed by atoms with E-state index < -0.39 is 10.0 Å². The first kappa shape index (κ1) is 19.6. The summed E-state index contributed by atoms with van der Waals surface area (Å²) in [6.07, 6.45) is 8.60. The van der Waals surface area contributed by atoms with E-state index in [9.17, 15) is 13.2 Å². The minimum Gasteiger partial charge on any atom is -0.307 e. The Morgan fingerprint density at radius 3 is 2.55 bits per heavy atom. The Kier molecular flexibility index (Phi) is 5.38. The number of pyridine rings is 1. The number of ketones is 1. The van der Waals surface area contributed by atoms with Crippen molar-refractivity contribution in [1.82, 2.24) is 14.3 Å². The Morgan fingerprint density at radius 2 is 1.86 bits per heavy atom. The fraction of sp³-hybridized carbons (Fsp3) is 0.333. The van der Waals surface area contributed by atoms with Gasteiger partial charge in [-0.3, -0.25) is 14.4 Å². The van der Waals surface area contributed by atoms with Crippen LogP contribution >= 0.6 is 0 Å². The highest BCUT2D eigenvalue weighted by Gasteiger charge is 2.26. The second-order valence-electron chi connectivity index (χ2n) is 7.60. The molecule has 0 bridgehead atoms. The molecule has 1 aromatic carbocycles. The first-order chi connectivity index (χ1) is 13.9. The lowest BCUT2D eigenvalue weighted by molar-refractivity contribution is 0.0835. The van der Waals surface area contributed by atoms with Gasteiger partial charge in [-0.05, 0) is 61.8 Å². The Bertz CT molecular complexity index is 1110. The van der Waals surface area contributed by atoms with Crippen molar-refractivity contribution in [1.29, 1.82) is 0 Å². The summed E-state index contributed by atoms with van der Waals surface area (Å²) in [7, 11) is -3.32. The summed E-state index contributed by atoms with van der Waals surface area (Å²) >= 11 is 0. The summed E-state index contributed by atoms with van der Waals surface area (Å²) < 4.78 is 27.0. The van der Waals surface area contributed by atoms with Crippen molar-refractivity contribution in [2.45, 2.75) is 19.4 Å². The number of aromatic nitrogens is 2. The number of benzene rings is 1. The van der Waals surface area contributed by atoms with Crippen LogP contribution < -0.4 is 4.72 Å². The predicted molar refractivity (Wildman–Crippen MR) is 112 cm³/mol. The third-order valence-electron chi connectivity index (χ3n) is 5.29. The average molecular weight is 413 g/mol. The summed E-state index contributed by atoms with van der Waals surface area (Å²) in [5, 5.41) is 0. The molecular weight excluding hydrogens is 388 g/mol. The Labute approximate surface area is 170 Å². The highest BCUT2D eigenvalue weighted by molar-refractivity contribution is 7.92. The highest BCUT2D eigenvalue weighted by Crippen LogP contribution is 2.24. The summed E-state index contributed by atoms with van der Waals surface area (Å²) in [4.78, 5) is 19.5. The number of nitrogens with one attached hydrogen (secondary N) is 1. The second kappa shape index (κ2) is 7.96. The topological polar surface area (TPSA) is 83.8 Å². The van der Waals surface area contributed by atoms with Crippen molar-refractivity contribution >= 4 is 27.1 Å². The van der Waals surface area contributed by atoms with Crippen LogP contribution in [0.2, 0.25) is 0 Å². The van der Waals surface area contributed by atoms with Crippen LogP contribution in [-0.2, 0) is 16.6 Å². The molecule has 7 nitrogen and oxygen atoms in total. The molecule has 1 saturated heterocycles. The first-order valence-corrected chi connectivity index (χ1v) is 11.5. The number of imidazole rings is 1. The minimum atomic E-state index is -3.32. The van der Waals surface area contributed by atoms with Gasteiger partial charge in [-0.2, -0.15) is 0 Å². The number of Topliss-reactive ketones (excluding diaryl/α,β-unsaturated/α-hetero) is 1. The number of fused-ring (bicyclic) bond motifs is 1. The van der Waals surface area contributed by atoms with Crippen LogP contribution in [0.15, 0.2) is 55.0 Å². The van der Waals surface area contributed by atoms with E-state index in [4.69, 9.17) is 0 Å². The fourth-order valence-electron chi connectivity index (χ4n) is 3.82.